The van der Waals surface area contributed by atoms with Crippen molar-refractivity contribution in [2.24, 2.45) is 5.92 Å². The van der Waals surface area contributed by atoms with Gasteiger partial charge in [0, 0.05) is 18.3 Å². The summed E-state index contributed by atoms with van der Waals surface area (Å²) in [6.45, 7) is 4.83. The van der Waals surface area contributed by atoms with Crippen molar-refractivity contribution in [1.82, 2.24) is 15.0 Å². The number of pyridine rings is 1. The van der Waals surface area contributed by atoms with Gasteiger partial charge in [0.1, 0.15) is 11.4 Å². The third-order valence-corrected chi connectivity index (χ3v) is 4.27. The van der Waals surface area contributed by atoms with Gasteiger partial charge in [-0.25, -0.2) is 0 Å². The van der Waals surface area contributed by atoms with Gasteiger partial charge in [-0.2, -0.15) is 13.2 Å². The van der Waals surface area contributed by atoms with Gasteiger partial charge in [0.15, 0.2) is 5.76 Å². The van der Waals surface area contributed by atoms with Crippen molar-refractivity contribution < 1.29 is 22.4 Å². The van der Waals surface area contributed by atoms with Crippen molar-refractivity contribution in [3.63, 3.8) is 0 Å². The Kier molecular flexibility index (Phi) is 5.27. The van der Waals surface area contributed by atoms with E-state index in [4.69, 9.17) is 9.26 Å². The average Bonchev–Trinajstić information content (AvgIpc) is 2.99. The number of piperidine rings is 1. The number of ether oxygens (including phenoxy) is 1. The molecule has 8 heteroatoms. The lowest BCUT2D eigenvalue weighted by Crippen LogP contribution is -2.35. The molecule has 3 rings (SSSR count). The number of nitrogens with zero attached hydrogens (tertiary/aromatic N) is 3. The van der Waals surface area contributed by atoms with Crippen molar-refractivity contribution in [3.8, 4) is 5.75 Å². The molecule has 1 aliphatic heterocycles. The molecule has 0 aromatic carbocycles. The molecule has 1 fully saturated rings. The fourth-order valence-electron chi connectivity index (χ4n) is 2.89. The fraction of sp³-hybridized carbons (Fsp3) is 0.529. The lowest BCUT2D eigenvalue weighted by Gasteiger charge is -2.31. The first-order valence-electron chi connectivity index (χ1n) is 8.21. The Morgan fingerprint density at radius 2 is 2.04 bits per heavy atom. The lowest BCUT2D eigenvalue weighted by atomic mass is 9.98. The van der Waals surface area contributed by atoms with Gasteiger partial charge in [0.05, 0.1) is 18.8 Å². The molecule has 2 aromatic rings. The maximum atomic E-state index is 12.7. The Balaban J connectivity index is 1.45. The molecular formula is C17H20F3N3O2. The highest BCUT2D eigenvalue weighted by atomic mass is 19.4. The molecular weight excluding hydrogens is 335 g/mol. The van der Waals surface area contributed by atoms with Gasteiger partial charge in [-0.15, -0.1) is 0 Å². The number of aryl methyl sites for hydroxylation is 1. The number of aromatic nitrogens is 2. The summed E-state index contributed by atoms with van der Waals surface area (Å²) in [4.78, 5) is 5.61. The number of hydrogen-bond acceptors (Lipinski definition) is 5. The van der Waals surface area contributed by atoms with Gasteiger partial charge < -0.3 is 9.26 Å². The molecule has 0 atom stereocenters. The quantitative estimate of drug-likeness (QED) is 0.819. The van der Waals surface area contributed by atoms with Crippen molar-refractivity contribution in [1.29, 1.82) is 0 Å². The van der Waals surface area contributed by atoms with Gasteiger partial charge in [-0.05, 0) is 44.8 Å². The predicted octanol–water partition coefficient (Wildman–Crippen LogP) is 3.69. The summed E-state index contributed by atoms with van der Waals surface area (Å²) < 4.78 is 48.7. The van der Waals surface area contributed by atoms with Crippen LogP contribution in [0.4, 0.5) is 13.2 Å². The van der Waals surface area contributed by atoms with Gasteiger partial charge in [-0.3, -0.25) is 9.88 Å². The van der Waals surface area contributed by atoms with E-state index < -0.39 is 11.9 Å². The third kappa shape index (κ3) is 4.94. The van der Waals surface area contributed by atoms with Crippen molar-refractivity contribution in [3.05, 3.63) is 41.5 Å². The SMILES string of the molecule is Cc1cc(CN2CCC(COc3ccnc(C(F)(F)F)c3)CC2)on1. The van der Waals surface area contributed by atoms with Crippen LogP contribution in [0.3, 0.4) is 0 Å². The summed E-state index contributed by atoms with van der Waals surface area (Å²) >= 11 is 0. The standard InChI is InChI=1S/C17H20F3N3O2/c1-12-8-15(25-22-12)10-23-6-3-13(4-7-23)11-24-14-2-5-21-16(9-14)17(18,19)20/h2,5,8-9,13H,3-4,6-7,10-11H2,1H3. The summed E-state index contributed by atoms with van der Waals surface area (Å²) in [5, 5.41) is 3.88. The zero-order valence-electron chi connectivity index (χ0n) is 13.9. The van der Waals surface area contributed by atoms with E-state index in [1.807, 2.05) is 13.0 Å². The Hall–Kier alpha value is -2.09. The highest BCUT2D eigenvalue weighted by Gasteiger charge is 2.32. The van der Waals surface area contributed by atoms with E-state index >= 15 is 0 Å². The highest BCUT2D eigenvalue weighted by Crippen LogP contribution is 2.30. The predicted molar refractivity (Wildman–Crippen MR) is 84.0 cm³/mol. The average molecular weight is 355 g/mol. The smallest absolute Gasteiger partial charge is 0.433 e. The van der Waals surface area contributed by atoms with Crippen molar-refractivity contribution >= 4 is 0 Å². The van der Waals surface area contributed by atoms with Gasteiger partial charge in [-0.1, -0.05) is 5.16 Å². The molecule has 5 nitrogen and oxygen atoms in total. The summed E-state index contributed by atoms with van der Waals surface area (Å²) in [5.41, 5.74) is -0.0592. The zero-order chi connectivity index (χ0) is 17.9. The van der Waals surface area contributed by atoms with Crippen LogP contribution < -0.4 is 4.74 Å². The van der Waals surface area contributed by atoms with Gasteiger partial charge >= 0.3 is 6.18 Å². The Morgan fingerprint density at radius 3 is 2.68 bits per heavy atom. The van der Waals surface area contributed by atoms with Crippen LogP contribution in [0.25, 0.3) is 0 Å². The molecule has 0 unspecified atom stereocenters. The number of rotatable bonds is 5. The fourth-order valence-corrected chi connectivity index (χ4v) is 2.89. The first-order chi connectivity index (χ1) is 11.9. The number of alkyl halides is 3. The van der Waals surface area contributed by atoms with E-state index in [2.05, 4.69) is 15.0 Å². The van der Waals surface area contributed by atoms with Crippen LogP contribution in [0.1, 0.15) is 30.0 Å². The van der Waals surface area contributed by atoms with E-state index in [-0.39, 0.29) is 5.75 Å². The summed E-state index contributed by atoms with van der Waals surface area (Å²) in [6.07, 6.45) is -1.46. The Bertz CT molecular complexity index is 694. The Morgan fingerprint density at radius 1 is 1.28 bits per heavy atom. The minimum Gasteiger partial charge on any atom is -0.493 e. The largest absolute Gasteiger partial charge is 0.493 e. The lowest BCUT2D eigenvalue weighted by molar-refractivity contribution is -0.141. The summed E-state index contributed by atoms with van der Waals surface area (Å²) in [6, 6.07) is 4.33. The van der Waals surface area contributed by atoms with Crippen LogP contribution in [0, 0.1) is 12.8 Å². The van der Waals surface area contributed by atoms with Gasteiger partial charge in [0.2, 0.25) is 0 Å². The first-order valence-corrected chi connectivity index (χ1v) is 8.21. The molecule has 3 heterocycles. The molecule has 136 valence electrons. The van der Waals surface area contributed by atoms with Crippen LogP contribution in [-0.4, -0.2) is 34.7 Å². The van der Waals surface area contributed by atoms with Crippen molar-refractivity contribution in [2.75, 3.05) is 19.7 Å². The van der Waals surface area contributed by atoms with E-state index in [1.165, 1.54) is 6.07 Å². The molecule has 0 amide bonds. The summed E-state index contributed by atoms with van der Waals surface area (Å²) in [7, 11) is 0. The molecule has 2 aromatic heterocycles. The summed E-state index contributed by atoms with van der Waals surface area (Å²) in [5.74, 6) is 1.39. The molecule has 0 spiro atoms. The zero-order valence-corrected chi connectivity index (χ0v) is 13.9. The third-order valence-electron chi connectivity index (χ3n) is 4.27. The molecule has 0 radical (unpaired) electrons. The molecule has 0 aliphatic carbocycles. The van der Waals surface area contributed by atoms with E-state index in [9.17, 15) is 13.2 Å². The highest BCUT2D eigenvalue weighted by molar-refractivity contribution is 5.24. The van der Waals surface area contributed by atoms with Crippen LogP contribution in [0.5, 0.6) is 5.75 Å². The Labute approximate surface area is 143 Å². The van der Waals surface area contributed by atoms with Crippen LogP contribution in [0.15, 0.2) is 28.9 Å². The maximum absolute atomic E-state index is 12.7. The molecule has 0 bridgehead atoms. The topological polar surface area (TPSA) is 51.4 Å². The first kappa shape index (κ1) is 17.7. The maximum Gasteiger partial charge on any atom is 0.433 e. The molecule has 1 saturated heterocycles. The van der Waals surface area contributed by atoms with E-state index in [0.29, 0.717) is 12.5 Å². The second kappa shape index (κ2) is 7.43. The number of halogens is 3. The molecule has 0 N–H and O–H groups in total. The van der Waals surface area contributed by atoms with E-state index in [0.717, 1.165) is 56.2 Å². The molecule has 1 aliphatic rings. The number of hydrogen-bond donors (Lipinski definition) is 0. The van der Waals surface area contributed by atoms with E-state index in [1.54, 1.807) is 0 Å². The normalized spacial score (nSPS) is 17.0. The van der Waals surface area contributed by atoms with Crippen LogP contribution in [0.2, 0.25) is 0 Å². The van der Waals surface area contributed by atoms with Crippen LogP contribution >= 0.6 is 0 Å². The van der Waals surface area contributed by atoms with Crippen molar-refractivity contribution in [2.45, 2.75) is 32.5 Å². The second-order valence-corrected chi connectivity index (χ2v) is 6.34. The number of likely N-dealkylation sites (tertiary alicyclic amines) is 1. The minimum atomic E-state index is -4.45. The minimum absolute atomic E-state index is 0.210. The second-order valence-electron chi connectivity index (χ2n) is 6.34. The van der Waals surface area contributed by atoms with Crippen LogP contribution in [-0.2, 0) is 12.7 Å². The van der Waals surface area contributed by atoms with Gasteiger partial charge in [0.25, 0.3) is 0 Å². The monoisotopic (exact) mass is 355 g/mol. The molecule has 0 saturated carbocycles. The molecule has 25 heavy (non-hydrogen) atoms.